The number of carbonyl (C=O) groups excluding carboxylic acids is 2. The molecule has 0 spiro atoms. The molecule has 1 heterocycles. The average molecular weight is 287 g/mol. The van der Waals surface area contributed by atoms with Gasteiger partial charge in [-0.3, -0.25) is 9.59 Å². The molecule has 0 aromatic rings. The van der Waals surface area contributed by atoms with Crippen molar-refractivity contribution in [2.24, 2.45) is 28.6 Å². The number of rotatable bonds is 0. The van der Waals surface area contributed by atoms with Crippen LogP contribution in [0, 0.1) is 28.6 Å². The fourth-order valence-electron chi connectivity index (χ4n) is 5.92. The van der Waals surface area contributed by atoms with Crippen LogP contribution in [0.15, 0.2) is 11.8 Å². The van der Waals surface area contributed by atoms with Gasteiger partial charge in [-0.1, -0.05) is 13.8 Å². The van der Waals surface area contributed by atoms with Crippen molar-refractivity contribution >= 4 is 11.6 Å². The summed E-state index contributed by atoms with van der Waals surface area (Å²) in [6, 6.07) is 0. The van der Waals surface area contributed by atoms with Gasteiger partial charge in [-0.25, -0.2) is 0 Å². The number of Topliss-reactive ketones (excluding diaryl/α,β-unsaturated/α-hetero) is 1. The molecule has 0 bridgehead atoms. The van der Waals surface area contributed by atoms with E-state index in [0.29, 0.717) is 30.0 Å². The van der Waals surface area contributed by atoms with Crippen LogP contribution in [-0.4, -0.2) is 18.1 Å². The van der Waals surface area contributed by atoms with Crippen molar-refractivity contribution in [3.05, 3.63) is 11.8 Å². The lowest BCUT2D eigenvalue weighted by molar-refractivity contribution is -0.118. The van der Waals surface area contributed by atoms with Gasteiger partial charge in [-0.2, -0.15) is 0 Å². The molecule has 1 saturated heterocycles. The lowest BCUT2D eigenvalue weighted by atomic mass is 9.51. The van der Waals surface area contributed by atoms with Gasteiger partial charge in [0.05, 0.1) is 0 Å². The molecule has 114 valence electrons. The zero-order valence-electron chi connectivity index (χ0n) is 13.1. The van der Waals surface area contributed by atoms with Gasteiger partial charge in [-0.15, -0.1) is 0 Å². The maximum atomic E-state index is 12.0. The number of hydrogen-bond donors (Lipinski definition) is 1. The Morgan fingerprint density at radius 1 is 1.19 bits per heavy atom. The van der Waals surface area contributed by atoms with E-state index in [0.717, 1.165) is 25.8 Å². The smallest absolute Gasteiger partial charge is 0.157 e. The van der Waals surface area contributed by atoms with Crippen LogP contribution in [0.1, 0.15) is 52.4 Å². The molecular weight excluding hydrogens is 262 g/mol. The molecule has 4 aliphatic rings. The zero-order valence-corrected chi connectivity index (χ0v) is 13.1. The van der Waals surface area contributed by atoms with E-state index >= 15 is 0 Å². The van der Waals surface area contributed by atoms with E-state index in [-0.39, 0.29) is 16.6 Å². The summed E-state index contributed by atoms with van der Waals surface area (Å²) >= 11 is 0. The summed E-state index contributed by atoms with van der Waals surface area (Å²) in [5.74, 6) is 2.53. The number of carbonyl (C=O) groups is 2. The fourth-order valence-corrected chi connectivity index (χ4v) is 5.92. The van der Waals surface area contributed by atoms with E-state index < -0.39 is 0 Å². The molecule has 0 radical (unpaired) electrons. The third-order valence-corrected chi connectivity index (χ3v) is 7.16. The van der Waals surface area contributed by atoms with Crippen LogP contribution in [0.25, 0.3) is 0 Å². The molecule has 1 aliphatic heterocycles. The molecule has 0 aromatic heterocycles. The Bertz CT molecular complexity index is 551. The average Bonchev–Trinajstić information content (AvgIpc) is 2.74. The van der Waals surface area contributed by atoms with Crippen molar-refractivity contribution in [2.45, 2.75) is 52.4 Å². The van der Waals surface area contributed by atoms with Crippen molar-refractivity contribution < 1.29 is 9.59 Å². The highest BCUT2D eigenvalue weighted by atomic mass is 16.1. The number of allylic oxidation sites excluding steroid dienone is 2. The number of piperidine rings is 1. The Morgan fingerprint density at radius 3 is 2.81 bits per heavy atom. The van der Waals surface area contributed by atoms with E-state index in [1.807, 2.05) is 6.08 Å². The van der Waals surface area contributed by atoms with E-state index in [1.54, 1.807) is 0 Å². The van der Waals surface area contributed by atoms with Crippen LogP contribution < -0.4 is 5.32 Å². The van der Waals surface area contributed by atoms with E-state index in [4.69, 9.17) is 0 Å². The molecule has 0 aromatic carbocycles. The summed E-state index contributed by atoms with van der Waals surface area (Å²) in [4.78, 5) is 23.8. The first-order valence-corrected chi connectivity index (χ1v) is 8.43. The summed E-state index contributed by atoms with van der Waals surface area (Å²) in [7, 11) is 0. The highest BCUT2D eigenvalue weighted by molar-refractivity contribution is 5.91. The van der Waals surface area contributed by atoms with Crippen LogP contribution >= 0.6 is 0 Å². The highest BCUT2D eigenvalue weighted by Crippen LogP contribution is 2.61. The molecular formula is C18H25NO2. The second-order valence-electron chi connectivity index (χ2n) is 8.31. The van der Waals surface area contributed by atoms with Crippen molar-refractivity contribution in [1.29, 1.82) is 0 Å². The summed E-state index contributed by atoms with van der Waals surface area (Å²) < 4.78 is 0. The lowest BCUT2D eigenvalue weighted by Crippen LogP contribution is -2.56. The Labute approximate surface area is 126 Å². The summed E-state index contributed by atoms with van der Waals surface area (Å²) in [6.07, 6.45) is 7.49. The van der Waals surface area contributed by atoms with Crippen molar-refractivity contribution in [2.75, 3.05) is 6.54 Å². The maximum absolute atomic E-state index is 12.0. The van der Waals surface area contributed by atoms with Crippen molar-refractivity contribution in [3.8, 4) is 0 Å². The van der Waals surface area contributed by atoms with Gasteiger partial charge in [0.15, 0.2) is 5.78 Å². The first-order valence-electron chi connectivity index (χ1n) is 8.43. The Balaban J connectivity index is 1.70. The largest absolute Gasteiger partial charge is 0.387 e. The predicted molar refractivity (Wildman–Crippen MR) is 80.5 cm³/mol. The van der Waals surface area contributed by atoms with Crippen LogP contribution in [0.2, 0.25) is 0 Å². The first kappa shape index (κ1) is 13.5. The van der Waals surface area contributed by atoms with Crippen LogP contribution in [-0.2, 0) is 9.59 Å². The molecule has 21 heavy (non-hydrogen) atoms. The molecule has 0 unspecified atom stereocenters. The summed E-state index contributed by atoms with van der Waals surface area (Å²) in [5.41, 5.74) is 1.54. The molecule has 5 atom stereocenters. The Morgan fingerprint density at radius 2 is 2.00 bits per heavy atom. The monoisotopic (exact) mass is 287 g/mol. The molecule has 2 saturated carbocycles. The first-order chi connectivity index (χ1) is 9.92. The van der Waals surface area contributed by atoms with Gasteiger partial charge < -0.3 is 5.32 Å². The molecule has 3 aliphatic carbocycles. The minimum absolute atomic E-state index is 0.129. The zero-order chi connectivity index (χ0) is 14.8. The number of ketones is 2. The van der Waals surface area contributed by atoms with Gasteiger partial charge in [0.2, 0.25) is 0 Å². The van der Waals surface area contributed by atoms with E-state index in [9.17, 15) is 9.59 Å². The standard InChI is InChI=1S/C18H25NO2/c1-17-5-4-14-13(15(17)7-12(21)9-17)10-19-16-8-11(20)3-6-18(14,16)2/h8,13-15,19H,3-7,9-10H2,1-2H3/t13-,14-,15+,17-,18-/m1/s1. The molecule has 0 amide bonds. The molecule has 3 fully saturated rings. The van der Waals surface area contributed by atoms with E-state index in [1.165, 1.54) is 18.5 Å². The third-order valence-electron chi connectivity index (χ3n) is 7.16. The van der Waals surface area contributed by atoms with Crippen LogP contribution in [0.4, 0.5) is 0 Å². The topological polar surface area (TPSA) is 46.2 Å². The summed E-state index contributed by atoms with van der Waals surface area (Å²) in [5, 5.41) is 3.56. The predicted octanol–water partition coefficient (Wildman–Crippen LogP) is 2.85. The third kappa shape index (κ3) is 1.79. The Kier molecular flexibility index (Phi) is 2.71. The maximum Gasteiger partial charge on any atom is 0.157 e. The second kappa shape index (κ2) is 4.21. The van der Waals surface area contributed by atoms with Gasteiger partial charge in [0.25, 0.3) is 0 Å². The van der Waals surface area contributed by atoms with Crippen molar-refractivity contribution in [1.82, 2.24) is 5.32 Å². The van der Waals surface area contributed by atoms with Gasteiger partial charge >= 0.3 is 0 Å². The lowest BCUT2D eigenvalue weighted by Gasteiger charge is -2.57. The number of nitrogens with one attached hydrogen (secondary N) is 1. The highest BCUT2D eigenvalue weighted by Gasteiger charge is 2.57. The minimum Gasteiger partial charge on any atom is -0.387 e. The van der Waals surface area contributed by atoms with Crippen molar-refractivity contribution in [3.63, 3.8) is 0 Å². The molecule has 3 nitrogen and oxygen atoms in total. The van der Waals surface area contributed by atoms with Crippen LogP contribution in [0.3, 0.4) is 0 Å². The number of fused-ring (bicyclic) bond motifs is 5. The quantitative estimate of drug-likeness (QED) is 0.745. The van der Waals surface area contributed by atoms with Gasteiger partial charge in [0, 0.05) is 43.0 Å². The normalized spacial score (nSPS) is 48.9. The minimum atomic E-state index is 0.129. The van der Waals surface area contributed by atoms with Crippen LogP contribution in [0.5, 0.6) is 0 Å². The van der Waals surface area contributed by atoms with Gasteiger partial charge in [0.1, 0.15) is 5.78 Å². The second-order valence-corrected chi connectivity index (χ2v) is 8.31. The SMILES string of the molecule is C[C@]12CC[C@@H]3[C@@H](CNC4=CC(=O)CC[C@@]43C)[C@@H]1CC(=O)C2. The number of hydrogen-bond acceptors (Lipinski definition) is 3. The summed E-state index contributed by atoms with van der Waals surface area (Å²) in [6.45, 7) is 5.62. The fraction of sp³-hybridized carbons (Fsp3) is 0.778. The Hall–Kier alpha value is -1.12. The van der Waals surface area contributed by atoms with Gasteiger partial charge in [-0.05, 0) is 42.4 Å². The van der Waals surface area contributed by atoms with E-state index in [2.05, 4.69) is 19.2 Å². The molecule has 1 N–H and O–H groups in total. The molecule has 4 rings (SSSR count). The molecule has 3 heteroatoms.